The van der Waals surface area contributed by atoms with Gasteiger partial charge in [0, 0.05) is 7.05 Å². The van der Waals surface area contributed by atoms with Crippen LogP contribution in [-0.2, 0) is 13.2 Å². The quantitative estimate of drug-likeness (QED) is 0.804. The molecular formula is C10H6ClF3N2O2. The third-order valence-electron chi connectivity index (χ3n) is 2.46. The average Bonchev–Trinajstić information content (AvgIpc) is 2.24. The fourth-order valence-electron chi connectivity index (χ4n) is 1.60. The molecule has 1 aromatic carbocycles. The molecule has 0 saturated heterocycles. The molecule has 0 amide bonds. The van der Waals surface area contributed by atoms with Crippen molar-refractivity contribution in [2.45, 2.75) is 6.18 Å². The Kier molecular flexibility index (Phi) is 2.73. The van der Waals surface area contributed by atoms with E-state index in [0.29, 0.717) is 12.1 Å². The fraction of sp³-hybridized carbons (Fsp3) is 0.200. The standard InChI is InChI=1S/C10H6ClF3N2O2/c1-16-7-5(8(17)15-9(16)18)2-4(3-6(7)11)10(12,13)14/h2-3H,1H3,(H,15,17,18). The van der Waals surface area contributed by atoms with Gasteiger partial charge in [-0.05, 0) is 12.1 Å². The van der Waals surface area contributed by atoms with E-state index in [1.807, 2.05) is 0 Å². The molecule has 0 fully saturated rings. The molecule has 0 aliphatic rings. The van der Waals surface area contributed by atoms with E-state index >= 15 is 0 Å². The second-order valence-electron chi connectivity index (χ2n) is 3.63. The van der Waals surface area contributed by atoms with Crippen LogP contribution in [0.2, 0.25) is 5.02 Å². The second kappa shape index (κ2) is 3.88. The van der Waals surface area contributed by atoms with Gasteiger partial charge in [0.2, 0.25) is 5.88 Å². The summed E-state index contributed by atoms with van der Waals surface area (Å²) in [7, 11) is 1.30. The fourth-order valence-corrected chi connectivity index (χ4v) is 1.94. The van der Waals surface area contributed by atoms with E-state index in [9.17, 15) is 23.1 Å². The third kappa shape index (κ3) is 1.90. The molecule has 0 aliphatic heterocycles. The van der Waals surface area contributed by atoms with Crippen LogP contribution in [-0.4, -0.2) is 14.7 Å². The number of aromatic hydroxyl groups is 1. The minimum Gasteiger partial charge on any atom is -0.493 e. The van der Waals surface area contributed by atoms with Gasteiger partial charge in [-0.25, -0.2) is 4.79 Å². The summed E-state index contributed by atoms with van der Waals surface area (Å²) in [6, 6.07) is 1.39. The van der Waals surface area contributed by atoms with Crippen molar-refractivity contribution in [3.8, 4) is 5.88 Å². The second-order valence-corrected chi connectivity index (χ2v) is 4.04. The van der Waals surface area contributed by atoms with Crippen molar-refractivity contribution in [1.82, 2.24) is 9.55 Å². The van der Waals surface area contributed by atoms with Crippen LogP contribution in [0.5, 0.6) is 5.88 Å². The predicted octanol–water partition coefficient (Wildman–Crippen LogP) is 2.31. The monoisotopic (exact) mass is 278 g/mol. The van der Waals surface area contributed by atoms with Gasteiger partial charge in [0.05, 0.1) is 21.5 Å². The zero-order chi connectivity index (χ0) is 13.7. The van der Waals surface area contributed by atoms with Gasteiger partial charge in [0.1, 0.15) is 0 Å². The summed E-state index contributed by atoms with van der Waals surface area (Å²) < 4.78 is 38.7. The van der Waals surface area contributed by atoms with Gasteiger partial charge in [-0.1, -0.05) is 11.6 Å². The SMILES string of the molecule is Cn1c(=O)nc(O)c2cc(C(F)(F)F)cc(Cl)c21. The van der Waals surface area contributed by atoms with Gasteiger partial charge in [-0.2, -0.15) is 18.2 Å². The number of aromatic nitrogens is 2. The van der Waals surface area contributed by atoms with Crippen LogP contribution in [0.15, 0.2) is 16.9 Å². The number of hydrogen-bond acceptors (Lipinski definition) is 3. The van der Waals surface area contributed by atoms with Gasteiger partial charge in [-0.3, -0.25) is 4.57 Å². The van der Waals surface area contributed by atoms with E-state index in [-0.39, 0.29) is 15.9 Å². The normalized spacial score (nSPS) is 12.1. The summed E-state index contributed by atoms with van der Waals surface area (Å²) in [5.41, 5.74) is -1.82. The zero-order valence-electron chi connectivity index (χ0n) is 8.92. The average molecular weight is 279 g/mol. The summed E-state index contributed by atoms with van der Waals surface area (Å²) in [6.45, 7) is 0. The summed E-state index contributed by atoms with van der Waals surface area (Å²) in [5.74, 6) is -0.777. The Morgan fingerprint density at radius 3 is 2.56 bits per heavy atom. The first-order valence-corrected chi connectivity index (χ1v) is 5.06. The highest BCUT2D eigenvalue weighted by Gasteiger charge is 2.32. The van der Waals surface area contributed by atoms with Crippen LogP contribution < -0.4 is 5.69 Å². The first-order chi connectivity index (χ1) is 8.21. The molecule has 0 saturated carbocycles. The molecule has 1 aromatic heterocycles. The molecule has 4 nitrogen and oxygen atoms in total. The first-order valence-electron chi connectivity index (χ1n) is 4.68. The number of alkyl halides is 3. The maximum absolute atomic E-state index is 12.6. The van der Waals surface area contributed by atoms with E-state index in [4.69, 9.17) is 11.6 Å². The van der Waals surface area contributed by atoms with Crippen molar-refractivity contribution in [2.24, 2.45) is 7.05 Å². The number of nitrogens with zero attached hydrogens (tertiary/aromatic N) is 2. The molecule has 0 aliphatic carbocycles. The van der Waals surface area contributed by atoms with Crippen LogP contribution in [0.1, 0.15) is 5.56 Å². The van der Waals surface area contributed by atoms with Crippen LogP contribution in [0, 0.1) is 0 Å². The molecule has 8 heteroatoms. The Morgan fingerprint density at radius 2 is 2.00 bits per heavy atom. The Bertz CT molecular complexity index is 694. The lowest BCUT2D eigenvalue weighted by molar-refractivity contribution is -0.137. The van der Waals surface area contributed by atoms with Crippen LogP contribution in [0.25, 0.3) is 10.9 Å². The Labute approximate surface area is 103 Å². The zero-order valence-corrected chi connectivity index (χ0v) is 9.67. The molecule has 2 rings (SSSR count). The van der Waals surface area contributed by atoms with E-state index in [0.717, 1.165) is 4.57 Å². The number of halogens is 4. The number of rotatable bonds is 0. The van der Waals surface area contributed by atoms with E-state index in [1.54, 1.807) is 0 Å². The van der Waals surface area contributed by atoms with E-state index in [1.165, 1.54) is 7.05 Å². The molecule has 18 heavy (non-hydrogen) atoms. The topological polar surface area (TPSA) is 55.1 Å². The van der Waals surface area contributed by atoms with Crippen LogP contribution in [0.3, 0.4) is 0 Å². The van der Waals surface area contributed by atoms with Gasteiger partial charge in [0.15, 0.2) is 0 Å². The molecule has 1 N–H and O–H groups in total. The van der Waals surface area contributed by atoms with Crippen molar-refractivity contribution in [3.63, 3.8) is 0 Å². The Balaban J connectivity index is 2.95. The van der Waals surface area contributed by atoms with Gasteiger partial charge >= 0.3 is 11.9 Å². The lowest BCUT2D eigenvalue weighted by Crippen LogP contribution is -2.20. The highest BCUT2D eigenvalue weighted by molar-refractivity contribution is 6.35. The van der Waals surface area contributed by atoms with Gasteiger partial charge in [0.25, 0.3) is 0 Å². The summed E-state index contributed by atoms with van der Waals surface area (Å²) in [4.78, 5) is 14.5. The molecule has 0 spiro atoms. The predicted molar refractivity (Wildman–Crippen MR) is 58.7 cm³/mol. The highest BCUT2D eigenvalue weighted by Crippen LogP contribution is 2.36. The highest BCUT2D eigenvalue weighted by atomic mass is 35.5. The largest absolute Gasteiger partial charge is 0.493 e. The molecule has 0 bridgehead atoms. The summed E-state index contributed by atoms with van der Waals surface area (Å²) in [6.07, 6.45) is -4.60. The summed E-state index contributed by atoms with van der Waals surface area (Å²) >= 11 is 5.72. The molecule has 0 radical (unpaired) electrons. The first kappa shape index (κ1) is 12.7. The maximum Gasteiger partial charge on any atom is 0.416 e. The molecule has 0 atom stereocenters. The van der Waals surface area contributed by atoms with Crippen molar-refractivity contribution >= 4 is 22.5 Å². The molecular weight excluding hydrogens is 273 g/mol. The van der Waals surface area contributed by atoms with Crippen molar-refractivity contribution in [1.29, 1.82) is 0 Å². The van der Waals surface area contributed by atoms with Gasteiger partial charge < -0.3 is 5.11 Å². The van der Waals surface area contributed by atoms with Crippen molar-refractivity contribution in [3.05, 3.63) is 33.2 Å². The molecule has 1 heterocycles. The van der Waals surface area contributed by atoms with Gasteiger partial charge in [-0.15, -0.1) is 0 Å². The number of hydrogen-bond donors (Lipinski definition) is 1. The smallest absolute Gasteiger partial charge is 0.416 e. The molecule has 2 aromatic rings. The molecule has 0 unspecified atom stereocenters. The minimum atomic E-state index is -4.60. The minimum absolute atomic E-state index is 0.00201. The Hall–Kier alpha value is -1.76. The van der Waals surface area contributed by atoms with E-state index < -0.39 is 23.3 Å². The third-order valence-corrected chi connectivity index (χ3v) is 2.74. The molecule has 96 valence electrons. The number of benzene rings is 1. The number of aryl methyl sites for hydroxylation is 1. The number of fused-ring (bicyclic) bond motifs is 1. The maximum atomic E-state index is 12.6. The Morgan fingerprint density at radius 1 is 1.39 bits per heavy atom. The van der Waals surface area contributed by atoms with E-state index in [2.05, 4.69) is 4.98 Å². The van der Waals surface area contributed by atoms with Crippen molar-refractivity contribution < 1.29 is 18.3 Å². The van der Waals surface area contributed by atoms with Crippen LogP contribution in [0.4, 0.5) is 13.2 Å². The lowest BCUT2D eigenvalue weighted by Gasteiger charge is -2.11. The lowest BCUT2D eigenvalue weighted by atomic mass is 10.1. The van der Waals surface area contributed by atoms with Crippen LogP contribution >= 0.6 is 11.6 Å². The van der Waals surface area contributed by atoms with Crippen molar-refractivity contribution in [2.75, 3.05) is 0 Å². The summed E-state index contributed by atoms with van der Waals surface area (Å²) in [5, 5.41) is 8.94.